The molecule has 10 heteroatoms. The molecule has 0 N–H and O–H groups in total. The van der Waals surface area contributed by atoms with E-state index in [1.165, 1.54) is 14.2 Å². The predicted octanol–water partition coefficient (Wildman–Crippen LogP) is 9.67. The minimum atomic E-state index is 0.188. The number of aromatic nitrogens is 2. The van der Waals surface area contributed by atoms with Gasteiger partial charge < -0.3 is 18.9 Å². The Morgan fingerprint density at radius 3 is 1.66 bits per heavy atom. The van der Waals surface area contributed by atoms with E-state index in [1.54, 1.807) is 30.3 Å². The van der Waals surface area contributed by atoms with Crippen LogP contribution in [0.2, 0.25) is 10.0 Å². The van der Waals surface area contributed by atoms with Gasteiger partial charge in [0.15, 0.2) is 0 Å². The Labute approximate surface area is 299 Å². The lowest BCUT2D eigenvalue weighted by molar-refractivity contribution is 0.218. The predicted molar refractivity (Wildman–Crippen MR) is 194 cm³/mol. The van der Waals surface area contributed by atoms with Gasteiger partial charge in [0.25, 0.3) is 0 Å². The third kappa shape index (κ3) is 7.18. The summed E-state index contributed by atoms with van der Waals surface area (Å²) in [5, 5.41) is 21.2. The Bertz CT molecular complexity index is 2250. The maximum absolute atomic E-state index is 10.1. The maximum atomic E-state index is 10.1. The summed E-state index contributed by atoms with van der Waals surface area (Å²) in [7, 11) is 2.96. The molecule has 4 aromatic carbocycles. The topological polar surface area (TPSA) is 110 Å². The summed E-state index contributed by atoms with van der Waals surface area (Å²) in [4.78, 5) is 9.29. The Morgan fingerprint density at radius 1 is 0.580 bits per heavy atom. The fraction of sp³-hybridized carbons (Fsp3) is 0.100. The smallest absolute Gasteiger partial charge is 0.232 e. The van der Waals surface area contributed by atoms with Gasteiger partial charge in [-0.3, -0.25) is 0 Å². The first-order valence-corrected chi connectivity index (χ1v) is 16.1. The molecule has 2 heterocycles. The molecule has 0 spiro atoms. The number of para-hydroxylation sites is 2. The van der Waals surface area contributed by atoms with E-state index in [2.05, 4.69) is 17.1 Å². The minimum absolute atomic E-state index is 0.188. The number of benzene rings is 4. The summed E-state index contributed by atoms with van der Waals surface area (Å²) in [5.74, 6) is 1.56. The van der Waals surface area contributed by atoms with Crippen LogP contribution in [0.3, 0.4) is 0 Å². The van der Waals surface area contributed by atoms with E-state index >= 15 is 0 Å². The number of hydrogen-bond donors (Lipinski definition) is 0. The molecule has 0 atom stereocenters. The lowest BCUT2D eigenvalue weighted by Gasteiger charge is -2.17. The van der Waals surface area contributed by atoms with E-state index in [-0.39, 0.29) is 30.5 Å². The van der Waals surface area contributed by atoms with E-state index in [1.807, 2.05) is 78.9 Å². The number of nitrogens with zero attached hydrogens (tertiary/aromatic N) is 4. The zero-order valence-electron chi connectivity index (χ0n) is 27.0. The first-order chi connectivity index (χ1) is 24.4. The van der Waals surface area contributed by atoms with Crippen LogP contribution >= 0.6 is 23.2 Å². The van der Waals surface area contributed by atoms with Crippen molar-refractivity contribution in [3.8, 4) is 80.2 Å². The standard InChI is InChI=1S/C40H28Cl2N4O4/c1-47-39-27(23-43)21-33(38(46-39)26-13-17-29(42)18-14-26)31-8-4-6-10-37(31)50-20-19-49-36-9-5-3-7-30(36)32-22-35(25-11-15-28(41)16-12-25)45-40(48-2)34(32)24-44/h3-18,21-22H,19-20H2,1-2H3. The number of ether oxygens (including phenoxy) is 4. The Hall–Kier alpha value is -6.06. The minimum Gasteiger partial charge on any atom is -0.489 e. The van der Waals surface area contributed by atoms with E-state index in [0.29, 0.717) is 55.2 Å². The maximum Gasteiger partial charge on any atom is 0.232 e. The highest BCUT2D eigenvalue weighted by atomic mass is 35.5. The van der Waals surface area contributed by atoms with Gasteiger partial charge in [-0.2, -0.15) is 10.5 Å². The van der Waals surface area contributed by atoms with Gasteiger partial charge in [0.05, 0.1) is 25.6 Å². The van der Waals surface area contributed by atoms with Crippen molar-refractivity contribution in [1.29, 1.82) is 10.5 Å². The highest BCUT2D eigenvalue weighted by molar-refractivity contribution is 6.31. The van der Waals surface area contributed by atoms with Crippen LogP contribution in [0.4, 0.5) is 0 Å². The van der Waals surface area contributed by atoms with Crippen molar-refractivity contribution < 1.29 is 18.9 Å². The first-order valence-electron chi connectivity index (χ1n) is 15.4. The van der Waals surface area contributed by atoms with Gasteiger partial charge >= 0.3 is 0 Å². The lowest BCUT2D eigenvalue weighted by Crippen LogP contribution is -2.10. The molecule has 0 fully saturated rings. The summed E-state index contributed by atoms with van der Waals surface area (Å²) in [5.41, 5.74) is 6.16. The lowest BCUT2D eigenvalue weighted by atomic mass is 9.97. The molecule has 0 saturated heterocycles. The zero-order chi connectivity index (χ0) is 35.0. The van der Waals surface area contributed by atoms with Gasteiger partial charge in [0.2, 0.25) is 11.8 Å². The largest absolute Gasteiger partial charge is 0.489 e. The fourth-order valence-electron chi connectivity index (χ4n) is 5.46. The summed E-state index contributed by atoms with van der Waals surface area (Å²) < 4.78 is 23.5. The molecular formula is C40H28Cl2N4O4. The van der Waals surface area contributed by atoms with Gasteiger partial charge in [0, 0.05) is 43.4 Å². The molecule has 0 aliphatic rings. The highest BCUT2D eigenvalue weighted by Gasteiger charge is 2.20. The highest BCUT2D eigenvalue weighted by Crippen LogP contribution is 2.40. The monoisotopic (exact) mass is 698 g/mol. The normalized spacial score (nSPS) is 10.5. The van der Waals surface area contributed by atoms with E-state index in [0.717, 1.165) is 16.7 Å². The molecule has 6 rings (SSSR count). The van der Waals surface area contributed by atoms with Crippen LogP contribution in [-0.2, 0) is 0 Å². The Balaban J connectivity index is 1.28. The SMILES string of the molecule is COc1nc(-c2ccc(Cl)cc2)c(-c2ccccc2OCCOc2ccccc2-c2cc(-c3ccc(Cl)cc3)nc(OC)c2C#N)cc1C#N. The van der Waals surface area contributed by atoms with Crippen LogP contribution in [0.15, 0.2) is 109 Å². The molecule has 246 valence electrons. The van der Waals surface area contributed by atoms with Gasteiger partial charge in [-0.05, 0) is 48.5 Å². The number of nitriles is 2. The number of methoxy groups -OCH3 is 2. The molecule has 0 bridgehead atoms. The van der Waals surface area contributed by atoms with E-state index in [4.69, 9.17) is 47.1 Å². The van der Waals surface area contributed by atoms with Crippen molar-refractivity contribution >= 4 is 23.2 Å². The van der Waals surface area contributed by atoms with Crippen LogP contribution in [0.25, 0.3) is 44.8 Å². The molecule has 0 radical (unpaired) electrons. The summed E-state index contributed by atoms with van der Waals surface area (Å²) in [6.45, 7) is 0.380. The van der Waals surface area contributed by atoms with Crippen molar-refractivity contribution in [1.82, 2.24) is 9.97 Å². The van der Waals surface area contributed by atoms with Gasteiger partial charge in [-0.15, -0.1) is 0 Å². The first kappa shape index (κ1) is 33.8. The molecule has 0 aliphatic carbocycles. The zero-order valence-corrected chi connectivity index (χ0v) is 28.5. The van der Waals surface area contributed by atoms with Crippen molar-refractivity contribution in [2.45, 2.75) is 0 Å². The van der Waals surface area contributed by atoms with Crippen LogP contribution in [-0.4, -0.2) is 37.4 Å². The van der Waals surface area contributed by atoms with Crippen molar-refractivity contribution in [3.05, 3.63) is 130 Å². The van der Waals surface area contributed by atoms with Crippen molar-refractivity contribution in [2.24, 2.45) is 0 Å². The Morgan fingerprint density at radius 2 is 1.12 bits per heavy atom. The van der Waals surface area contributed by atoms with Crippen LogP contribution < -0.4 is 18.9 Å². The molecule has 8 nitrogen and oxygen atoms in total. The third-order valence-corrected chi connectivity index (χ3v) is 8.31. The second-order valence-electron chi connectivity index (χ2n) is 10.8. The number of pyridine rings is 2. The van der Waals surface area contributed by atoms with Crippen LogP contribution in [0, 0.1) is 22.7 Å². The number of rotatable bonds is 11. The van der Waals surface area contributed by atoms with Crippen LogP contribution in [0.5, 0.6) is 23.3 Å². The van der Waals surface area contributed by atoms with Gasteiger partial charge in [0.1, 0.15) is 48.0 Å². The average Bonchev–Trinajstić information content (AvgIpc) is 3.16. The summed E-state index contributed by atoms with van der Waals surface area (Å²) in [6, 6.07) is 37.6. The Kier molecular flexibility index (Phi) is 10.4. The van der Waals surface area contributed by atoms with Gasteiger partial charge in [-0.1, -0.05) is 83.9 Å². The van der Waals surface area contributed by atoms with Crippen molar-refractivity contribution in [2.75, 3.05) is 27.4 Å². The van der Waals surface area contributed by atoms with E-state index in [9.17, 15) is 10.5 Å². The quantitative estimate of drug-likeness (QED) is 0.123. The second-order valence-corrected chi connectivity index (χ2v) is 11.7. The van der Waals surface area contributed by atoms with Crippen molar-refractivity contribution in [3.63, 3.8) is 0 Å². The average molecular weight is 700 g/mol. The molecule has 0 amide bonds. The third-order valence-electron chi connectivity index (χ3n) is 7.80. The molecule has 6 aromatic rings. The molecule has 0 saturated carbocycles. The van der Waals surface area contributed by atoms with Gasteiger partial charge in [-0.25, -0.2) is 9.97 Å². The summed E-state index contributed by atoms with van der Waals surface area (Å²) >= 11 is 12.3. The fourth-order valence-corrected chi connectivity index (χ4v) is 5.71. The number of halogens is 2. The summed E-state index contributed by atoms with van der Waals surface area (Å²) in [6.07, 6.45) is 0. The number of hydrogen-bond acceptors (Lipinski definition) is 8. The molecular weight excluding hydrogens is 671 g/mol. The van der Waals surface area contributed by atoms with Crippen LogP contribution in [0.1, 0.15) is 11.1 Å². The second kappa shape index (κ2) is 15.4. The molecule has 0 unspecified atom stereocenters. The van der Waals surface area contributed by atoms with E-state index < -0.39 is 0 Å². The molecule has 0 aliphatic heterocycles. The molecule has 50 heavy (non-hydrogen) atoms. The molecule has 2 aromatic heterocycles.